The lowest BCUT2D eigenvalue weighted by atomic mass is 10.0. The number of fused-ring (bicyclic) bond motifs is 1. The van der Waals surface area contributed by atoms with Crippen LogP contribution in [0.5, 0.6) is 5.75 Å². The van der Waals surface area contributed by atoms with Gasteiger partial charge in [0, 0.05) is 24.4 Å². The maximum absolute atomic E-state index is 13.9. The minimum Gasteiger partial charge on any atom is -0.483 e. The van der Waals surface area contributed by atoms with Crippen molar-refractivity contribution >= 4 is 22.6 Å². The monoisotopic (exact) mass is 508 g/mol. The number of ether oxygens (including phenoxy) is 1. The van der Waals surface area contributed by atoms with Gasteiger partial charge in [0.15, 0.2) is 6.61 Å². The molecule has 0 unspecified atom stereocenters. The van der Waals surface area contributed by atoms with E-state index in [1.165, 1.54) is 0 Å². The van der Waals surface area contributed by atoms with Crippen molar-refractivity contribution < 1.29 is 14.3 Å². The number of nitrogens with zero attached hydrogens (tertiary/aromatic N) is 1. The fourth-order valence-electron chi connectivity index (χ4n) is 4.51. The Balaban J connectivity index is 1.66. The number of rotatable bonds is 11. The zero-order valence-corrected chi connectivity index (χ0v) is 22.4. The van der Waals surface area contributed by atoms with Crippen molar-refractivity contribution in [2.24, 2.45) is 0 Å². The summed E-state index contributed by atoms with van der Waals surface area (Å²) in [5.41, 5.74) is 3.07. The highest BCUT2D eigenvalue weighted by molar-refractivity contribution is 5.90. The second-order valence-corrected chi connectivity index (χ2v) is 9.74. The van der Waals surface area contributed by atoms with E-state index in [0.717, 1.165) is 33.9 Å². The summed E-state index contributed by atoms with van der Waals surface area (Å²) in [5.74, 6) is 0.257. The van der Waals surface area contributed by atoms with Crippen LogP contribution in [-0.4, -0.2) is 35.4 Å². The molecule has 0 spiro atoms. The van der Waals surface area contributed by atoms with Gasteiger partial charge in [0.2, 0.25) is 5.91 Å². The van der Waals surface area contributed by atoms with Gasteiger partial charge in [0.05, 0.1) is 0 Å². The Hall–Kier alpha value is -4.12. The molecular formula is C33H36N2O3. The quantitative estimate of drug-likeness (QED) is 0.267. The second kappa shape index (κ2) is 12.9. The molecule has 0 radical (unpaired) electrons. The molecule has 2 atom stereocenters. The van der Waals surface area contributed by atoms with E-state index in [0.29, 0.717) is 18.7 Å². The molecule has 4 aromatic carbocycles. The van der Waals surface area contributed by atoms with Crippen LogP contribution < -0.4 is 10.1 Å². The second-order valence-electron chi connectivity index (χ2n) is 9.74. The Morgan fingerprint density at radius 1 is 0.868 bits per heavy atom. The zero-order chi connectivity index (χ0) is 26.9. The summed E-state index contributed by atoms with van der Waals surface area (Å²) in [6, 6.07) is 30.9. The van der Waals surface area contributed by atoms with Gasteiger partial charge in [-0.3, -0.25) is 9.59 Å². The van der Waals surface area contributed by atoms with Crippen LogP contribution in [-0.2, 0) is 22.6 Å². The smallest absolute Gasteiger partial charge is 0.261 e. The molecule has 5 nitrogen and oxygen atoms in total. The van der Waals surface area contributed by atoms with Gasteiger partial charge < -0.3 is 15.0 Å². The molecule has 4 rings (SSSR count). The molecule has 5 heteroatoms. The SMILES string of the molecule is CC[C@@H](C)NC(=O)[C@@H](Cc1ccccc1)N(Cc1ccccc1C)C(=O)COc1cccc2ccccc12. The minimum absolute atomic E-state index is 0.00289. The molecule has 0 aliphatic rings. The summed E-state index contributed by atoms with van der Waals surface area (Å²) < 4.78 is 6.09. The predicted molar refractivity (Wildman–Crippen MR) is 153 cm³/mol. The van der Waals surface area contributed by atoms with Gasteiger partial charge in [-0.25, -0.2) is 0 Å². The van der Waals surface area contributed by atoms with Crippen LogP contribution in [0, 0.1) is 6.92 Å². The predicted octanol–water partition coefficient (Wildman–Crippen LogP) is 6.08. The van der Waals surface area contributed by atoms with Crippen LogP contribution in [0.3, 0.4) is 0 Å². The van der Waals surface area contributed by atoms with E-state index in [2.05, 4.69) is 5.32 Å². The molecule has 0 aliphatic heterocycles. The number of hydrogen-bond acceptors (Lipinski definition) is 3. The summed E-state index contributed by atoms with van der Waals surface area (Å²) >= 11 is 0. The Kier molecular flexibility index (Phi) is 9.15. The third-order valence-corrected chi connectivity index (χ3v) is 6.97. The molecule has 196 valence electrons. The van der Waals surface area contributed by atoms with E-state index in [1.807, 2.05) is 118 Å². The van der Waals surface area contributed by atoms with Gasteiger partial charge in [0.1, 0.15) is 11.8 Å². The van der Waals surface area contributed by atoms with Crippen molar-refractivity contribution in [2.45, 2.75) is 52.2 Å². The molecule has 0 saturated carbocycles. The molecule has 4 aromatic rings. The number of benzene rings is 4. The normalized spacial score (nSPS) is 12.5. The van der Waals surface area contributed by atoms with E-state index in [-0.39, 0.29) is 24.5 Å². The largest absolute Gasteiger partial charge is 0.483 e. The first-order valence-corrected chi connectivity index (χ1v) is 13.2. The molecule has 0 saturated heterocycles. The van der Waals surface area contributed by atoms with Crippen LogP contribution in [0.1, 0.15) is 37.0 Å². The molecule has 1 N–H and O–H groups in total. The number of hydrogen-bond donors (Lipinski definition) is 1. The standard InChI is InChI=1S/C33H36N2O3/c1-4-25(3)34-33(37)30(21-26-14-6-5-7-15-26)35(22-28-17-9-8-13-24(28)2)32(36)23-38-31-20-12-18-27-16-10-11-19-29(27)31/h5-20,25,30H,4,21-23H2,1-3H3,(H,34,37)/t25-,30-/m1/s1. The van der Waals surface area contributed by atoms with Gasteiger partial charge in [0.25, 0.3) is 5.91 Å². The minimum atomic E-state index is -0.686. The molecule has 0 aliphatic carbocycles. The molecule has 38 heavy (non-hydrogen) atoms. The Morgan fingerprint density at radius 2 is 1.55 bits per heavy atom. The molecule has 0 heterocycles. The maximum Gasteiger partial charge on any atom is 0.261 e. The highest BCUT2D eigenvalue weighted by Gasteiger charge is 2.31. The lowest BCUT2D eigenvalue weighted by molar-refractivity contribution is -0.143. The first-order chi connectivity index (χ1) is 18.5. The lowest BCUT2D eigenvalue weighted by Crippen LogP contribution is -2.53. The van der Waals surface area contributed by atoms with Crippen LogP contribution >= 0.6 is 0 Å². The van der Waals surface area contributed by atoms with E-state index in [9.17, 15) is 9.59 Å². The topological polar surface area (TPSA) is 58.6 Å². The number of carbonyl (C=O) groups is 2. The lowest BCUT2D eigenvalue weighted by Gasteiger charge is -2.32. The molecular weight excluding hydrogens is 472 g/mol. The van der Waals surface area contributed by atoms with Gasteiger partial charge in [-0.2, -0.15) is 0 Å². The fourth-order valence-corrected chi connectivity index (χ4v) is 4.51. The molecule has 0 fully saturated rings. The van der Waals surface area contributed by atoms with Crippen molar-refractivity contribution in [2.75, 3.05) is 6.61 Å². The van der Waals surface area contributed by atoms with E-state index in [4.69, 9.17) is 4.74 Å². The van der Waals surface area contributed by atoms with Crippen LogP contribution in [0.4, 0.5) is 0 Å². The van der Waals surface area contributed by atoms with Crippen molar-refractivity contribution in [1.29, 1.82) is 0 Å². The number of carbonyl (C=O) groups excluding carboxylic acids is 2. The van der Waals surface area contributed by atoms with Gasteiger partial charge in [-0.15, -0.1) is 0 Å². The summed E-state index contributed by atoms with van der Waals surface area (Å²) in [6.07, 6.45) is 1.22. The fraction of sp³-hybridized carbons (Fsp3) is 0.273. The molecule has 2 amide bonds. The molecule has 0 aromatic heterocycles. The van der Waals surface area contributed by atoms with Crippen molar-refractivity contribution in [3.05, 3.63) is 114 Å². The first-order valence-electron chi connectivity index (χ1n) is 13.2. The van der Waals surface area contributed by atoms with Crippen LogP contribution in [0.15, 0.2) is 97.1 Å². The van der Waals surface area contributed by atoms with Gasteiger partial charge >= 0.3 is 0 Å². The van der Waals surface area contributed by atoms with Crippen LogP contribution in [0.2, 0.25) is 0 Å². The highest BCUT2D eigenvalue weighted by Crippen LogP contribution is 2.25. The van der Waals surface area contributed by atoms with Gasteiger partial charge in [-0.05, 0) is 48.4 Å². The summed E-state index contributed by atoms with van der Waals surface area (Å²) in [7, 11) is 0. The third kappa shape index (κ3) is 6.80. The highest BCUT2D eigenvalue weighted by atomic mass is 16.5. The maximum atomic E-state index is 13.9. The summed E-state index contributed by atoms with van der Waals surface area (Å²) in [6.45, 7) is 6.19. The molecule has 0 bridgehead atoms. The van der Waals surface area contributed by atoms with Gasteiger partial charge in [-0.1, -0.05) is 97.9 Å². The van der Waals surface area contributed by atoms with E-state index >= 15 is 0 Å². The number of aryl methyl sites for hydroxylation is 1. The number of nitrogens with one attached hydrogen (secondary N) is 1. The van der Waals surface area contributed by atoms with Crippen LogP contribution in [0.25, 0.3) is 10.8 Å². The zero-order valence-electron chi connectivity index (χ0n) is 22.4. The Bertz CT molecular complexity index is 1360. The van der Waals surface area contributed by atoms with Crippen molar-refractivity contribution in [3.63, 3.8) is 0 Å². The first kappa shape index (κ1) is 26.9. The summed E-state index contributed by atoms with van der Waals surface area (Å²) in [4.78, 5) is 29.2. The average molecular weight is 509 g/mol. The van der Waals surface area contributed by atoms with Crippen molar-refractivity contribution in [1.82, 2.24) is 10.2 Å². The Labute approximate surface area is 225 Å². The Morgan fingerprint density at radius 3 is 2.32 bits per heavy atom. The third-order valence-electron chi connectivity index (χ3n) is 6.97. The van der Waals surface area contributed by atoms with E-state index in [1.54, 1.807) is 4.90 Å². The van der Waals surface area contributed by atoms with Crippen molar-refractivity contribution in [3.8, 4) is 5.75 Å². The number of amides is 2. The summed E-state index contributed by atoms with van der Waals surface area (Å²) in [5, 5.41) is 5.10. The average Bonchev–Trinajstić information content (AvgIpc) is 2.94. The van der Waals surface area contributed by atoms with E-state index < -0.39 is 6.04 Å².